The number of anilines is 1. The number of hydrogen-bond donors (Lipinski definition) is 1. The lowest BCUT2D eigenvalue weighted by Crippen LogP contribution is -2.32. The van der Waals surface area contributed by atoms with Gasteiger partial charge in [-0.15, -0.1) is 0 Å². The molecule has 0 bridgehead atoms. The Hall–Kier alpha value is -1.56. The van der Waals surface area contributed by atoms with Crippen molar-refractivity contribution in [2.75, 3.05) is 5.32 Å². The van der Waals surface area contributed by atoms with E-state index in [4.69, 9.17) is 4.74 Å². The van der Waals surface area contributed by atoms with Gasteiger partial charge in [0.15, 0.2) is 6.10 Å². The van der Waals surface area contributed by atoms with Crippen LogP contribution in [0, 0.1) is 17.4 Å². The number of aryl methyl sites for hydroxylation is 2. The molecule has 0 radical (unpaired) electrons. The third-order valence-electron chi connectivity index (χ3n) is 3.27. The van der Waals surface area contributed by atoms with Crippen LogP contribution in [-0.2, 0) is 4.79 Å². The number of hydrogen-bond acceptors (Lipinski definition) is 2. The number of carbonyl (C=O) groups excluding carboxylic acids is 1. The van der Waals surface area contributed by atoms with E-state index < -0.39 is 6.10 Å². The molecule has 4 heteroatoms. The van der Waals surface area contributed by atoms with E-state index in [2.05, 4.69) is 34.0 Å². The molecule has 1 N–H and O–H groups in total. The second kappa shape index (κ2) is 7.63. The summed E-state index contributed by atoms with van der Waals surface area (Å²) in [6, 6.07) is 13.7. The molecule has 2 rings (SSSR count). The van der Waals surface area contributed by atoms with Crippen LogP contribution in [0.2, 0.25) is 0 Å². The number of rotatable bonds is 5. The summed E-state index contributed by atoms with van der Waals surface area (Å²) in [5.74, 6) is 0.619. The molecule has 1 atom stereocenters. The number of halogens is 1. The maximum absolute atomic E-state index is 12.4. The smallest absolute Gasteiger partial charge is 0.265 e. The summed E-state index contributed by atoms with van der Waals surface area (Å²) in [5, 5.41) is 2.94. The molecule has 1 unspecified atom stereocenters. The summed E-state index contributed by atoms with van der Waals surface area (Å²) in [6.07, 6.45) is 0.111. The molecule has 116 valence electrons. The molecule has 0 aliphatic rings. The van der Waals surface area contributed by atoms with Crippen LogP contribution in [0.3, 0.4) is 0 Å². The fourth-order valence-electron chi connectivity index (χ4n) is 2.26. The van der Waals surface area contributed by atoms with Crippen LogP contribution in [-0.4, -0.2) is 12.0 Å². The van der Waals surface area contributed by atoms with E-state index >= 15 is 0 Å². The Balaban J connectivity index is 2.10. The Morgan fingerprint density at radius 1 is 1.18 bits per heavy atom. The monoisotopic (exact) mass is 409 g/mol. The molecule has 0 aromatic heterocycles. The minimum atomic E-state index is -0.503. The van der Waals surface area contributed by atoms with Crippen molar-refractivity contribution in [1.82, 2.24) is 0 Å². The third-order valence-corrected chi connectivity index (χ3v) is 4.21. The first-order valence-corrected chi connectivity index (χ1v) is 8.38. The maximum atomic E-state index is 12.4. The van der Waals surface area contributed by atoms with Crippen LogP contribution in [0.15, 0.2) is 42.5 Å². The van der Waals surface area contributed by atoms with E-state index in [0.29, 0.717) is 6.42 Å². The number of nitrogens with one attached hydrogen (secondary N) is 1. The Bertz CT molecular complexity index is 650. The van der Waals surface area contributed by atoms with Crippen molar-refractivity contribution >= 4 is 34.2 Å². The maximum Gasteiger partial charge on any atom is 0.265 e. The van der Waals surface area contributed by atoms with Gasteiger partial charge >= 0.3 is 0 Å². The van der Waals surface area contributed by atoms with E-state index in [1.807, 2.05) is 57.2 Å². The zero-order valence-electron chi connectivity index (χ0n) is 13.0. The Morgan fingerprint density at radius 2 is 1.82 bits per heavy atom. The highest BCUT2D eigenvalue weighted by atomic mass is 127. The van der Waals surface area contributed by atoms with Gasteiger partial charge in [-0.05, 0) is 78.3 Å². The Kier molecular flexibility index (Phi) is 5.83. The second-order valence-electron chi connectivity index (χ2n) is 5.31. The van der Waals surface area contributed by atoms with Gasteiger partial charge in [-0.3, -0.25) is 4.79 Å². The first-order valence-electron chi connectivity index (χ1n) is 7.30. The van der Waals surface area contributed by atoms with Crippen LogP contribution in [0.4, 0.5) is 5.69 Å². The molecule has 0 saturated carbocycles. The summed E-state index contributed by atoms with van der Waals surface area (Å²) < 4.78 is 6.89. The van der Waals surface area contributed by atoms with Crippen molar-refractivity contribution in [3.8, 4) is 5.75 Å². The van der Waals surface area contributed by atoms with Crippen LogP contribution < -0.4 is 10.1 Å². The van der Waals surface area contributed by atoms with Gasteiger partial charge in [0.05, 0.1) is 5.69 Å². The molecule has 2 aromatic carbocycles. The SMILES string of the molecule is CCC(Oc1cc(C)cc(C)c1)C(=O)Nc1ccccc1I. The van der Waals surface area contributed by atoms with Gasteiger partial charge in [-0.25, -0.2) is 0 Å². The average molecular weight is 409 g/mol. The normalized spacial score (nSPS) is 11.8. The molecular formula is C18H20INO2. The Morgan fingerprint density at radius 3 is 2.41 bits per heavy atom. The molecular weight excluding hydrogens is 389 g/mol. The highest BCUT2D eigenvalue weighted by Crippen LogP contribution is 2.21. The van der Waals surface area contributed by atoms with Gasteiger partial charge in [-0.1, -0.05) is 25.1 Å². The summed E-state index contributed by atoms with van der Waals surface area (Å²) in [5.41, 5.74) is 3.07. The van der Waals surface area contributed by atoms with Crippen LogP contribution >= 0.6 is 22.6 Å². The molecule has 0 saturated heterocycles. The van der Waals surface area contributed by atoms with Gasteiger partial charge in [0.1, 0.15) is 5.75 Å². The summed E-state index contributed by atoms with van der Waals surface area (Å²) in [4.78, 5) is 12.4. The van der Waals surface area contributed by atoms with Crippen molar-refractivity contribution in [3.63, 3.8) is 0 Å². The standard InChI is InChI=1S/C18H20INO2/c1-4-17(22-14-10-12(2)9-13(3)11-14)18(21)20-16-8-6-5-7-15(16)19/h5-11,17H,4H2,1-3H3,(H,20,21). The number of para-hydroxylation sites is 1. The van der Waals surface area contributed by atoms with Gasteiger partial charge in [0.25, 0.3) is 5.91 Å². The van der Waals surface area contributed by atoms with Crippen LogP contribution in [0.5, 0.6) is 5.75 Å². The molecule has 2 aromatic rings. The highest BCUT2D eigenvalue weighted by molar-refractivity contribution is 14.1. The van der Waals surface area contributed by atoms with Crippen LogP contribution in [0.25, 0.3) is 0 Å². The first kappa shape index (κ1) is 16.8. The molecule has 3 nitrogen and oxygen atoms in total. The van der Waals surface area contributed by atoms with E-state index in [1.54, 1.807) is 0 Å². The number of carbonyl (C=O) groups is 1. The average Bonchev–Trinajstić information content (AvgIpc) is 2.46. The lowest BCUT2D eigenvalue weighted by molar-refractivity contribution is -0.122. The summed E-state index contributed by atoms with van der Waals surface area (Å²) >= 11 is 2.21. The van der Waals surface area contributed by atoms with Crippen molar-refractivity contribution in [1.29, 1.82) is 0 Å². The van der Waals surface area contributed by atoms with Crippen molar-refractivity contribution in [2.45, 2.75) is 33.3 Å². The quantitative estimate of drug-likeness (QED) is 0.727. The highest BCUT2D eigenvalue weighted by Gasteiger charge is 2.19. The predicted octanol–water partition coefficient (Wildman–Crippen LogP) is 4.70. The number of benzene rings is 2. The minimum absolute atomic E-state index is 0.120. The topological polar surface area (TPSA) is 38.3 Å². The first-order chi connectivity index (χ1) is 10.5. The zero-order valence-corrected chi connectivity index (χ0v) is 15.2. The Labute approximate surface area is 145 Å². The van der Waals surface area contributed by atoms with Gasteiger partial charge < -0.3 is 10.1 Å². The van der Waals surface area contributed by atoms with Gasteiger partial charge in [0, 0.05) is 3.57 Å². The molecule has 0 heterocycles. The number of ether oxygens (including phenoxy) is 1. The fourth-order valence-corrected chi connectivity index (χ4v) is 2.79. The molecule has 22 heavy (non-hydrogen) atoms. The van der Waals surface area contributed by atoms with Crippen LogP contribution in [0.1, 0.15) is 24.5 Å². The van der Waals surface area contributed by atoms with E-state index in [-0.39, 0.29) is 5.91 Å². The zero-order chi connectivity index (χ0) is 16.1. The molecule has 0 aliphatic carbocycles. The molecule has 0 fully saturated rings. The summed E-state index contributed by atoms with van der Waals surface area (Å²) in [6.45, 7) is 5.99. The van der Waals surface area contributed by atoms with E-state index in [9.17, 15) is 4.79 Å². The lowest BCUT2D eigenvalue weighted by atomic mass is 10.1. The predicted molar refractivity (Wildman–Crippen MR) is 98.4 cm³/mol. The van der Waals surface area contributed by atoms with E-state index in [1.165, 1.54) is 0 Å². The minimum Gasteiger partial charge on any atom is -0.481 e. The van der Waals surface area contributed by atoms with Gasteiger partial charge in [0.2, 0.25) is 0 Å². The van der Waals surface area contributed by atoms with Crippen molar-refractivity contribution in [3.05, 3.63) is 57.2 Å². The molecule has 0 aliphatic heterocycles. The fraction of sp³-hybridized carbons (Fsp3) is 0.278. The van der Waals surface area contributed by atoms with Crippen molar-refractivity contribution in [2.24, 2.45) is 0 Å². The van der Waals surface area contributed by atoms with Crippen molar-refractivity contribution < 1.29 is 9.53 Å². The third kappa shape index (κ3) is 4.47. The van der Waals surface area contributed by atoms with Gasteiger partial charge in [-0.2, -0.15) is 0 Å². The number of amides is 1. The molecule has 0 spiro atoms. The largest absolute Gasteiger partial charge is 0.481 e. The van der Waals surface area contributed by atoms with E-state index in [0.717, 1.165) is 26.1 Å². The lowest BCUT2D eigenvalue weighted by Gasteiger charge is -2.18. The molecule has 1 amide bonds. The second-order valence-corrected chi connectivity index (χ2v) is 6.47. The summed E-state index contributed by atoms with van der Waals surface area (Å²) in [7, 11) is 0.